The molecule has 2 unspecified atom stereocenters. The summed E-state index contributed by atoms with van der Waals surface area (Å²) in [5, 5.41) is 13.6. The molecule has 1 saturated heterocycles. The number of carboxylic acids is 1. The molecule has 2 atom stereocenters. The van der Waals surface area contributed by atoms with Crippen molar-refractivity contribution in [2.45, 2.75) is 13.0 Å². The molecular formula is C10H16N2O6. The van der Waals surface area contributed by atoms with Crippen LogP contribution in [0.25, 0.3) is 0 Å². The van der Waals surface area contributed by atoms with Gasteiger partial charge in [0.2, 0.25) is 0 Å². The zero-order valence-electron chi connectivity index (χ0n) is 9.97. The van der Waals surface area contributed by atoms with Crippen LogP contribution >= 0.6 is 0 Å². The van der Waals surface area contributed by atoms with Gasteiger partial charge in [0.25, 0.3) is 0 Å². The van der Waals surface area contributed by atoms with E-state index in [9.17, 15) is 14.4 Å². The Morgan fingerprint density at radius 3 is 2.72 bits per heavy atom. The second kappa shape index (κ2) is 6.80. The maximum absolute atomic E-state index is 11.4. The van der Waals surface area contributed by atoms with Crippen LogP contribution in [0.3, 0.4) is 0 Å². The highest BCUT2D eigenvalue weighted by Crippen LogP contribution is 2.13. The lowest BCUT2D eigenvalue weighted by Gasteiger charge is -2.15. The van der Waals surface area contributed by atoms with Crippen molar-refractivity contribution in [3.63, 3.8) is 0 Å². The van der Waals surface area contributed by atoms with E-state index in [2.05, 4.69) is 15.4 Å². The fourth-order valence-corrected chi connectivity index (χ4v) is 1.52. The van der Waals surface area contributed by atoms with Crippen LogP contribution in [-0.2, 0) is 19.1 Å². The van der Waals surface area contributed by atoms with Gasteiger partial charge in [-0.15, -0.1) is 0 Å². The number of carbonyl (C=O) groups is 3. The summed E-state index contributed by atoms with van der Waals surface area (Å²) in [7, 11) is 0. The molecule has 102 valence electrons. The lowest BCUT2D eigenvalue weighted by Crippen LogP contribution is -2.48. The summed E-state index contributed by atoms with van der Waals surface area (Å²) in [5.41, 5.74) is 0. The lowest BCUT2D eigenvalue weighted by atomic mass is 10.0. The molecule has 0 aromatic rings. The van der Waals surface area contributed by atoms with Crippen molar-refractivity contribution in [1.82, 2.24) is 10.6 Å². The van der Waals surface area contributed by atoms with E-state index in [4.69, 9.17) is 9.84 Å². The van der Waals surface area contributed by atoms with Crippen molar-refractivity contribution in [3.05, 3.63) is 0 Å². The highest BCUT2D eigenvalue weighted by molar-refractivity contribution is 5.81. The van der Waals surface area contributed by atoms with Crippen molar-refractivity contribution in [2.75, 3.05) is 26.4 Å². The maximum atomic E-state index is 11.4. The zero-order chi connectivity index (χ0) is 13.5. The molecule has 1 rings (SSSR count). The summed E-state index contributed by atoms with van der Waals surface area (Å²) >= 11 is 0. The summed E-state index contributed by atoms with van der Waals surface area (Å²) in [6.07, 6.45) is 0. The van der Waals surface area contributed by atoms with Gasteiger partial charge in [0.05, 0.1) is 25.9 Å². The molecule has 0 aliphatic carbocycles. The molecule has 1 aliphatic heterocycles. The van der Waals surface area contributed by atoms with Gasteiger partial charge in [-0.2, -0.15) is 0 Å². The van der Waals surface area contributed by atoms with Gasteiger partial charge in [-0.05, 0) is 6.92 Å². The van der Waals surface area contributed by atoms with Gasteiger partial charge in [0.1, 0.15) is 12.5 Å². The summed E-state index contributed by atoms with van der Waals surface area (Å²) in [6.45, 7) is 1.85. The number of ether oxygens (including phenoxy) is 2. The Balaban J connectivity index is 2.31. The highest BCUT2D eigenvalue weighted by atomic mass is 16.5. The maximum Gasteiger partial charge on any atom is 0.325 e. The predicted molar refractivity (Wildman–Crippen MR) is 58.9 cm³/mol. The number of nitrogens with one attached hydrogen (secondary N) is 2. The summed E-state index contributed by atoms with van der Waals surface area (Å²) in [6, 6.07) is -1.21. The number of esters is 1. The van der Waals surface area contributed by atoms with Crippen LogP contribution in [-0.4, -0.2) is 55.5 Å². The summed E-state index contributed by atoms with van der Waals surface area (Å²) in [4.78, 5) is 33.2. The number of hydrogen-bond acceptors (Lipinski definition) is 5. The van der Waals surface area contributed by atoms with E-state index in [0.29, 0.717) is 0 Å². The van der Waals surface area contributed by atoms with Crippen LogP contribution in [0, 0.1) is 5.92 Å². The van der Waals surface area contributed by atoms with E-state index >= 15 is 0 Å². The molecule has 1 heterocycles. The average molecular weight is 260 g/mol. The number of carboxylic acid groups (broad SMARTS) is 1. The van der Waals surface area contributed by atoms with E-state index in [0.717, 1.165) is 0 Å². The molecule has 8 heteroatoms. The number of carbonyl (C=O) groups excluding carboxylic acids is 2. The third-order valence-electron chi connectivity index (χ3n) is 2.41. The van der Waals surface area contributed by atoms with E-state index in [1.807, 2.05) is 0 Å². The Morgan fingerprint density at radius 2 is 2.11 bits per heavy atom. The minimum Gasteiger partial charge on any atom is -0.481 e. The first-order valence-electron chi connectivity index (χ1n) is 5.55. The smallest absolute Gasteiger partial charge is 0.325 e. The molecule has 0 aromatic heterocycles. The Bertz CT molecular complexity index is 332. The fourth-order valence-electron chi connectivity index (χ4n) is 1.52. The first-order chi connectivity index (χ1) is 8.54. The third kappa shape index (κ3) is 4.21. The molecule has 0 aromatic carbocycles. The van der Waals surface area contributed by atoms with Crippen LogP contribution in [0.4, 0.5) is 4.79 Å². The molecule has 2 amide bonds. The number of urea groups is 1. The van der Waals surface area contributed by atoms with Gasteiger partial charge in [0.15, 0.2) is 0 Å². The first-order valence-corrected chi connectivity index (χ1v) is 5.55. The van der Waals surface area contributed by atoms with E-state index in [-0.39, 0.29) is 26.4 Å². The Morgan fingerprint density at radius 1 is 1.39 bits per heavy atom. The SMILES string of the molecule is CCOC(=O)CNC(=O)NC1COCC1C(=O)O. The van der Waals surface area contributed by atoms with E-state index < -0.39 is 29.9 Å². The van der Waals surface area contributed by atoms with E-state index in [1.165, 1.54) is 0 Å². The molecule has 1 fully saturated rings. The van der Waals surface area contributed by atoms with Gasteiger partial charge >= 0.3 is 18.0 Å². The lowest BCUT2D eigenvalue weighted by molar-refractivity contribution is -0.143. The highest BCUT2D eigenvalue weighted by Gasteiger charge is 2.35. The molecule has 0 radical (unpaired) electrons. The number of hydrogen-bond donors (Lipinski definition) is 3. The largest absolute Gasteiger partial charge is 0.481 e. The second-order valence-corrected chi connectivity index (χ2v) is 3.72. The molecule has 0 saturated carbocycles. The Hall–Kier alpha value is -1.83. The Kier molecular flexibility index (Phi) is 5.37. The van der Waals surface area contributed by atoms with Gasteiger partial charge < -0.3 is 25.2 Å². The number of aliphatic carboxylic acids is 1. The quantitative estimate of drug-likeness (QED) is 0.543. The molecular weight excluding hydrogens is 244 g/mol. The van der Waals surface area contributed by atoms with Crippen molar-refractivity contribution < 1.29 is 29.0 Å². The second-order valence-electron chi connectivity index (χ2n) is 3.72. The first kappa shape index (κ1) is 14.2. The molecule has 3 N–H and O–H groups in total. The van der Waals surface area contributed by atoms with Gasteiger partial charge in [0, 0.05) is 0 Å². The van der Waals surface area contributed by atoms with Crippen LogP contribution in [0.1, 0.15) is 6.92 Å². The standard InChI is InChI=1S/C10H16N2O6/c1-2-18-8(13)3-11-10(16)12-7-5-17-4-6(7)9(14)15/h6-7H,2-5H2,1H3,(H,14,15)(H2,11,12,16). The predicted octanol–water partition coefficient (Wildman–Crippen LogP) is -1.05. The van der Waals surface area contributed by atoms with Crippen LogP contribution < -0.4 is 10.6 Å². The minimum absolute atomic E-state index is 0.0676. The monoisotopic (exact) mass is 260 g/mol. The summed E-state index contributed by atoms with van der Waals surface area (Å²) in [5.74, 6) is -2.34. The molecule has 8 nitrogen and oxygen atoms in total. The van der Waals surface area contributed by atoms with Crippen molar-refractivity contribution in [2.24, 2.45) is 5.92 Å². The van der Waals surface area contributed by atoms with E-state index in [1.54, 1.807) is 6.92 Å². The molecule has 0 spiro atoms. The van der Waals surface area contributed by atoms with Crippen molar-refractivity contribution in [3.8, 4) is 0 Å². The van der Waals surface area contributed by atoms with Crippen molar-refractivity contribution >= 4 is 18.0 Å². The molecule has 18 heavy (non-hydrogen) atoms. The Labute approximate surface area is 104 Å². The normalized spacial score (nSPS) is 22.3. The third-order valence-corrected chi connectivity index (χ3v) is 2.41. The van der Waals surface area contributed by atoms with Gasteiger partial charge in [-0.1, -0.05) is 0 Å². The van der Waals surface area contributed by atoms with Crippen LogP contribution in [0.5, 0.6) is 0 Å². The molecule has 0 bridgehead atoms. The van der Waals surface area contributed by atoms with Gasteiger partial charge in [-0.25, -0.2) is 4.79 Å². The molecule has 1 aliphatic rings. The van der Waals surface area contributed by atoms with Gasteiger partial charge in [-0.3, -0.25) is 9.59 Å². The zero-order valence-corrected chi connectivity index (χ0v) is 9.97. The van der Waals surface area contributed by atoms with Crippen molar-refractivity contribution in [1.29, 1.82) is 0 Å². The topological polar surface area (TPSA) is 114 Å². The van der Waals surface area contributed by atoms with Crippen LogP contribution in [0.15, 0.2) is 0 Å². The average Bonchev–Trinajstić information content (AvgIpc) is 2.75. The number of rotatable bonds is 5. The fraction of sp³-hybridized carbons (Fsp3) is 0.700. The van der Waals surface area contributed by atoms with Crippen LogP contribution in [0.2, 0.25) is 0 Å². The number of amides is 2. The minimum atomic E-state index is -1.02. The summed E-state index contributed by atoms with van der Waals surface area (Å²) < 4.78 is 9.60.